The zero-order valence-corrected chi connectivity index (χ0v) is 11.3. The summed E-state index contributed by atoms with van der Waals surface area (Å²) in [5.41, 5.74) is 2.55. The molecule has 2 heteroatoms. The largest absolute Gasteiger partial charge is 0.326 e. The standard InChI is InChI=1S/C15H23NO/c1-5-10-15(3,4)11-13-6-8-14(9-7-13)16-12(2)17/h6-9H,5,10-11H2,1-4H3,(H,16,17). The molecule has 1 amide bonds. The number of hydrogen-bond donors (Lipinski definition) is 1. The van der Waals surface area contributed by atoms with Gasteiger partial charge in [0.25, 0.3) is 0 Å². The Bertz CT molecular complexity index is 365. The molecule has 0 heterocycles. The zero-order chi connectivity index (χ0) is 12.9. The Labute approximate surface area is 104 Å². The lowest BCUT2D eigenvalue weighted by Crippen LogP contribution is -2.14. The van der Waals surface area contributed by atoms with Crippen LogP contribution in [0.2, 0.25) is 0 Å². The first-order valence-corrected chi connectivity index (χ1v) is 6.29. The zero-order valence-electron chi connectivity index (χ0n) is 11.3. The number of rotatable bonds is 5. The monoisotopic (exact) mass is 233 g/mol. The van der Waals surface area contributed by atoms with Crippen LogP contribution in [0, 0.1) is 5.41 Å². The lowest BCUT2D eigenvalue weighted by Gasteiger charge is -2.24. The van der Waals surface area contributed by atoms with Gasteiger partial charge in [-0.2, -0.15) is 0 Å². The van der Waals surface area contributed by atoms with E-state index >= 15 is 0 Å². The molecule has 0 saturated carbocycles. The summed E-state index contributed by atoms with van der Waals surface area (Å²) >= 11 is 0. The van der Waals surface area contributed by atoms with E-state index < -0.39 is 0 Å². The van der Waals surface area contributed by atoms with Gasteiger partial charge >= 0.3 is 0 Å². The topological polar surface area (TPSA) is 29.1 Å². The maximum absolute atomic E-state index is 10.9. The highest BCUT2D eigenvalue weighted by atomic mass is 16.1. The van der Waals surface area contributed by atoms with Crippen LogP contribution in [-0.2, 0) is 11.2 Å². The molecule has 0 aliphatic rings. The molecule has 1 rings (SSSR count). The molecule has 0 radical (unpaired) electrons. The van der Waals surface area contributed by atoms with E-state index in [0.717, 1.165) is 12.1 Å². The molecule has 0 fully saturated rings. The summed E-state index contributed by atoms with van der Waals surface area (Å²) in [6.45, 7) is 8.36. The molecule has 0 aromatic heterocycles. The highest BCUT2D eigenvalue weighted by molar-refractivity contribution is 5.88. The molecule has 1 aromatic rings. The predicted molar refractivity (Wildman–Crippen MR) is 73.1 cm³/mol. The fraction of sp³-hybridized carbons (Fsp3) is 0.533. The van der Waals surface area contributed by atoms with Crippen molar-refractivity contribution in [3.8, 4) is 0 Å². The number of amides is 1. The first-order valence-electron chi connectivity index (χ1n) is 6.29. The molecule has 17 heavy (non-hydrogen) atoms. The van der Waals surface area contributed by atoms with Gasteiger partial charge in [0.2, 0.25) is 5.91 Å². The molecule has 1 N–H and O–H groups in total. The highest BCUT2D eigenvalue weighted by Gasteiger charge is 2.16. The van der Waals surface area contributed by atoms with Gasteiger partial charge in [0, 0.05) is 12.6 Å². The van der Waals surface area contributed by atoms with Crippen LogP contribution in [0.25, 0.3) is 0 Å². The van der Waals surface area contributed by atoms with E-state index in [4.69, 9.17) is 0 Å². The van der Waals surface area contributed by atoms with Gasteiger partial charge in [0.15, 0.2) is 0 Å². The lowest BCUT2D eigenvalue weighted by molar-refractivity contribution is -0.114. The van der Waals surface area contributed by atoms with E-state index in [2.05, 4.69) is 38.2 Å². The van der Waals surface area contributed by atoms with E-state index in [9.17, 15) is 4.79 Å². The summed E-state index contributed by atoms with van der Waals surface area (Å²) < 4.78 is 0. The van der Waals surface area contributed by atoms with E-state index in [1.807, 2.05) is 12.1 Å². The van der Waals surface area contributed by atoms with Gasteiger partial charge in [0.1, 0.15) is 0 Å². The van der Waals surface area contributed by atoms with Crippen molar-refractivity contribution in [3.05, 3.63) is 29.8 Å². The van der Waals surface area contributed by atoms with Crippen LogP contribution in [0.5, 0.6) is 0 Å². The molecule has 0 unspecified atom stereocenters. The van der Waals surface area contributed by atoms with Crippen LogP contribution in [0.1, 0.15) is 46.1 Å². The highest BCUT2D eigenvalue weighted by Crippen LogP contribution is 2.27. The van der Waals surface area contributed by atoms with Crippen molar-refractivity contribution < 1.29 is 4.79 Å². The molecule has 0 bridgehead atoms. The molecule has 0 aliphatic carbocycles. The van der Waals surface area contributed by atoms with Crippen molar-refractivity contribution in [1.29, 1.82) is 0 Å². The van der Waals surface area contributed by atoms with Crippen LogP contribution in [-0.4, -0.2) is 5.91 Å². The fourth-order valence-electron chi connectivity index (χ4n) is 2.23. The van der Waals surface area contributed by atoms with Gasteiger partial charge in [-0.25, -0.2) is 0 Å². The molecule has 1 aromatic carbocycles. The summed E-state index contributed by atoms with van der Waals surface area (Å²) in [7, 11) is 0. The molecule has 0 saturated heterocycles. The smallest absolute Gasteiger partial charge is 0.221 e. The van der Waals surface area contributed by atoms with Crippen molar-refractivity contribution in [2.75, 3.05) is 5.32 Å². The van der Waals surface area contributed by atoms with E-state index in [0.29, 0.717) is 5.41 Å². The number of anilines is 1. The Balaban J connectivity index is 2.65. The average Bonchev–Trinajstić information content (AvgIpc) is 2.19. The Kier molecular flexibility index (Phi) is 4.73. The number of hydrogen-bond acceptors (Lipinski definition) is 1. The minimum absolute atomic E-state index is 0.0240. The minimum Gasteiger partial charge on any atom is -0.326 e. The second-order valence-corrected chi connectivity index (χ2v) is 5.47. The molecule has 0 aliphatic heterocycles. The van der Waals surface area contributed by atoms with E-state index in [-0.39, 0.29) is 5.91 Å². The molecular formula is C15H23NO. The number of nitrogens with one attached hydrogen (secondary N) is 1. The van der Waals surface area contributed by atoms with Gasteiger partial charge < -0.3 is 5.32 Å². The lowest BCUT2D eigenvalue weighted by atomic mass is 9.82. The maximum Gasteiger partial charge on any atom is 0.221 e. The fourth-order valence-corrected chi connectivity index (χ4v) is 2.23. The third-order valence-corrected chi connectivity index (χ3v) is 2.88. The van der Waals surface area contributed by atoms with E-state index in [1.165, 1.54) is 25.3 Å². The predicted octanol–water partition coefficient (Wildman–Crippen LogP) is 4.01. The second kappa shape index (κ2) is 5.85. The van der Waals surface area contributed by atoms with Crippen molar-refractivity contribution in [3.63, 3.8) is 0 Å². The Hall–Kier alpha value is -1.31. The maximum atomic E-state index is 10.9. The van der Waals surface area contributed by atoms with Crippen LogP contribution >= 0.6 is 0 Å². The quantitative estimate of drug-likeness (QED) is 0.818. The van der Waals surface area contributed by atoms with Crippen LogP contribution in [0.4, 0.5) is 5.69 Å². The normalized spacial score (nSPS) is 11.3. The summed E-state index contributed by atoms with van der Waals surface area (Å²) in [6.07, 6.45) is 3.54. The number of carbonyl (C=O) groups excluding carboxylic acids is 1. The Morgan fingerprint density at radius 3 is 2.29 bits per heavy atom. The van der Waals surface area contributed by atoms with Crippen LogP contribution < -0.4 is 5.32 Å². The van der Waals surface area contributed by atoms with Crippen molar-refractivity contribution in [2.45, 2.75) is 47.0 Å². The minimum atomic E-state index is -0.0240. The van der Waals surface area contributed by atoms with Crippen molar-refractivity contribution in [2.24, 2.45) is 5.41 Å². The summed E-state index contributed by atoms with van der Waals surface area (Å²) in [5, 5.41) is 2.78. The SMILES string of the molecule is CCCC(C)(C)Cc1ccc(NC(C)=O)cc1. The summed E-state index contributed by atoms with van der Waals surface area (Å²) in [5.74, 6) is -0.0240. The first kappa shape index (κ1) is 13.8. The third kappa shape index (κ3) is 5.03. The molecular weight excluding hydrogens is 210 g/mol. The van der Waals surface area contributed by atoms with Gasteiger partial charge in [-0.15, -0.1) is 0 Å². The molecule has 2 nitrogen and oxygen atoms in total. The average molecular weight is 233 g/mol. The first-order chi connectivity index (χ1) is 7.93. The van der Waals surface area contributed by atoms with Gasteiger partial charge in [-0.05, 0) is 36.0 Å². The number of carbonyl (C=O) groups is 1. The van der Waals surface area contributed by atoms with Crippen molar-refractivity contribution in [1.82, 2.24) is 0 Å². The number of benzene rings is 1. The van der Waals surface area contributed by atoms with Gasteiger partial charge in [0.05, 0.1) is 0 Å². The van der Waals surface area contributed by atoms with E-state index in [1.54, 1.807) is 0 Å². The Morgan fingerprint density at radius 2 is 1.82 bits per heavy atom. The van der Waals surface area contributed by atoms with Crippen LogP contribution in [0.3, 0.4) is 0 Å². The van der Waals surface area contributed by atoms with Crippen molar-refractivity contribution >= 4 is 11.6 Å². The Morgan fingerprint density at radius 1 is 1.24 bits per heavy atom. The second-order valence-electron chi connectivity index (χ2n) is 5.47. The summed E-state index contributed by atoms with van der Waals surface area (Å²) in [6, 6.07) is 8.14. The van der Waals surface area contributed by atoms with Gasteiger partial charge in [-0.1, -0.05) is 39.3 Å². The molecule has 0 atom stereocenters. The molecule has 0 spiro atoms. The summed E-state index contributed by atoms with van der Waals surface area (Å²) in [4.78, 5) is 10.9. The molecule has 94 valence electrons. The van der Waals surface area contributed by atoms with Crippen LogP contribution in [0.15, 0.2) is 24.3 Å². The van der Waals surface area contributed by atoms with Gasteiger partial charge in [-0.3, -0.25) is 4.79 Å². The third-order valence-electron chi connectivity index (χ3n) is 2.88.